The van der Waals surface area contributed by atoms with Crippen molar-refractivity contribution in [3.8, 4) is 23.0 Å². The van der Waals surface area contributed by atoms with Crippen molar-refractivity contribution in [2.45, 2.75) is 39.3 Å². The molecule has 5 nitrogen and oxygen atoms in total. The van der Waals surface area contributed by atoms with E-state index >= 15 is 0 Å². The minimum atomic E-state index is -0.390. The minimum Gasteiger partial charge on any atom is -0.508 e. The van der Waals surface area contributed by atoms with E-state index in [1.54, 1.807) is 30.3 Å². The van der Waals surface area contributed by atoms with Gasteiger partial charge in [0.05, 0.1) is 0 Å². The number of hydrogen-bond donors (Lipinski definition) is 2. The molecule has 0 aromatic heterocycles. The second-order valence-corrected chi connectivity index (χ2v) is 10.9. The highest BCUT2D eigenvalue weighted by Crippen LogP contribution is 2.49. The van der Waals surface area contributed by atoms with Gasteiger partial charge in [-0.2, -0.15) is 0 Å². The molecular formula is C30H32BrNO4. The number of ether oxygens (including phenoxy) is 2. The van der Waals surface area contributed by atoms with Crippen LogP contribution in [0.2, 0.25) is 0 Å². The molecule has 6 heteroatoms. The summed E-state index contributed by atoms with van der Waals surface area (Å²) in [6.07, 6.45) is 0.868. The van der Waals surface area contributed by atoms with Crippen LogP contribution in [0.1, 0.15) is 50.0 Å². The summed E-state index contributed by atoms with van der Waals surface area (Å²) >= 11 is 3.65. The Morgan fingerprint density at radius 3 is 2.42 bits per heavy atom. The number of fused-ring (bicyclic) bond motifs is 1. The van der Waals surface area contributed by atoms with E-state index in [-0.39, 0.29) is 17.6 Å². The van der Waals surface area contributed by atoms with Gasteiger partial charge in [-0.25, -0.2) is 0 Å². The SMILES string of the molecule is CC1=C(c2cc(O)ccc2Br)C(c2ccc(OC[C@H](C)N3CC[C@@H](C)C3)cc2)Oc2ccc(O)cc21. The molecule has 2 heterocycles. The standard InChI is InChI=1S/C30H32BrNO4/c1-18-12-13-32(16-18)19(2)17-35-24-8-4-21(5-9-24)30-29(26-15-22(33)6-10-27(26)31)20(3)25-14-23(34)7-11-28(25)36-30/h4-11,14-15,18-19,30,33-34H,12-13,16-17H2,1-3H3/t18-,19+,30?/m1/s1. The van der Waals surface area contributed by atoms with Gasteiger partial charge >= 0.3 is 0 Å². The van der Waals surface area contributed by atoms with Crippen molar-refractivity contribution in [1.29, 1.82) is 0 Å². The molecule has 36 heavy (non-hydrogen) atoms. The van der Waals surface area contributed by atoms with Gasteiger partial charge in [0.15, 0.2) is 0 Å². The van der Waals surface area contributed by atoms with Gasteiger partial charge in [0.1, 0.15) is 35.7 Å². The largest absolute Gasteiger partial charge is 0.508 e. The van der Waals surface area contributed by atoms with Crippen molar-refractivity contribution < 1.29 is 19.7 Å². The molecule has 2 N–H and O–H groups in total. The Kier molecular flexibility index (Phi) is 7.00. The van der Waals surface area contributed by atoms with Crippen LogP contribution in [0.4, 0.5) is 0 Å². The summed E-state index contributed by atoms with van der Waals surface area (Å²) < 4.78 is 13.5. The molecule has 188 valence electrons. The van der Waals surface area contributed by atoms with E-state index in [9.17, 15) is 10.2 Å². The van der Waals surface area contributed by atoms with Crippen LogP contribution in [0.25, 0.3) is 11.1 Å². The van der Waals surface area contributed by atoms with Gasteiger partial charge in [-0.1, -0.05) is 35.0 Å². The van der Waals surface area contributed by atoms with Crippen LogP contribution in [0.5, 0.6) is 23.0 Å². The van der Waals surface area contributed by atoms with Gasteiger partial charge in [0, 0.05) is 28.2 Å². The zero-order chi connectivity index (χ0) is 25.4. The second-order valence-electron chi connectivity index (χ2n) is 10.00. The van der Waals surface area contributed by atoms with Gasteiger partial charge in [-0.3, -0.25) is 4.90 Å². The number of rotatable bonds is 6. The average Bonchev–Trinajstić information content (AvgIpc) is 3.31. The monoisotopic (exact) mass is 549 g/mol. The van der Waals surface area contributed by atoms with Crippen molar-refractivity contribution in [2.24, 2.45) is 5.92 Å². The molecule has 2 aliphatic heterocycles. The van der Waals surface area contributed by atoms with Crippen molar-refractivity contribution in [3.05, 3.63) is 81.8 Å². The first-order valence-electron chi connectivity index (χ1n) is 12.5. The van der Waals surface area contributed by atoms with Gasteiger partial charge in [-0.05, 0) is 98.0 Å². The van der Waals surface area contributed by atoms with Gasteiger partial charge in [0.2, 0.25) is 0 Å². The lowest BCUT2D eigenvalue weighted by Crippen LogP contribution is -2.35. The first kappa shape index (κ1) is 24.7. The Morgan fingerprint density at radius 1 is 1.03 bits per heavy atom. The summed E-state index contributed by atoms with van der Waals surface area (Å²) in [6.45, 7) is 9.49. The lowest BCUT2D eigenvalue weighted by atomic mass is 9.86. The number of hydrogen-bond acceptors (Lipinski definition) is 5. The van der Waals surface area contributed by atoms with Crippen LogP contribution in [-0.4, -0.2) is 40.9 Å². The second kappa shape index (κ2) is 10.2. The normalized spacial score (nSPS) is 20.7. The number of benzene rings is 3. The fourth-order valence-electron chi connectivity index (χ4n) is 5.17. The Hall–Kier alpha value is -2.96. The number of phenolic OH excluding ortho intramolecular Hbond substituents is 2. The van der Waals surface area contributed by atoms with Crippen LogP contribution in [0.15, 0.2) is 65.1 Å². The summed E-state index contributed by atoms with van der Waals surface area (Å²) in [5.41, 5.74) is 4.58. The molecule has 0 radical (unpaired) electrons. The first-order valence-corrected chi connectivity index (χ1v) is 13.3. The molecule has 1 fully saturated rings. The van der Waals surface area contributed by atoms with Crippen LogP contribution >= 0.6 is 15.9 Å². The number of nitrogens with zero attached hydrogens (tertiary/aromatic N) is 1. The van der Waals surface area contributed by atoms with E-state index in [2.05, 4.69) is 34.7 Å². The minimum absolute atomic E-state index is 0.180. The van der Waals surface area contributed by atoms with Crippen LogP contribution in [-0.2, 0) is 0 Å². The lowest BCUT2D eigenvalue weighted by molar-refractivity contribution is 0.169. The van der Waals surface area contributed by atoms with Crippen molar-refractivity contribution in [3.63, 3.8) is 0 Å². The van der Waals surface area contributed by atoms with Crippen molar-refractivity contribution in [2.75, 3.05) is 19.7 Å². The first-order chi connectivity index (χ1) is 17.3. The molecule has 1 unspecified atom stereocenters. The number of likely N-dealkylation sites (tertiary alicyclic amines) is 1. The van der Waals surface area contributed by atoms with E-state index in [4.69, 9.17) is 9.47 Å². The smallest absolute Gasteiger partial charge is 0.150 e. The molecule has 3 atom stereocenters. The highest BCUT2D eigenvalue weighted by Gasteiger charge is 2.31. The quantitative estimate of drug-likeness (QED) is 0.345. The average molecular weight is 550 g/mol. The maximum atomic E-state index is 10.2. The summed E-state index contributed by atoms with van der Waals surface area (Å²) in [4.78, 5) is 2.50. The molecule has 3 aromatic rings. The number of phenols is 2. The van der Waals surface area contributed by atoms with Gasteiger partial charge < -0.3 is 19.7 Å². The molecule has 2 aliphatic rings. The molecule has 5 rings (SSSR count). The van der Waals surface area contributed by atoms with Crippen molar-refractivity contribution >= 4 is 27.1 Å². The number of halogens is 1. The topological polar surface area (TPSA) is 62.2 Å². The van der Waals surface area contributed by atoms with Crippen LogP contribution in [0.3, 0.4) is 0 Å². The fraction of sp³-hybridized carbons (Fsp3) is 0.333. The third-order valence-electron chi connectivity index (χ3n) is 7.27. The third-order valence-corrected chi connectivity index (χ3v) is 7.96. The van der Waals surface area contributed by atoms with E-state index in [0.717, 1.165) is 57.1 Å². The van der Waals surface area contributed by atoms with E-state index in [1.165, 1.54) is 6.42 Å². The molecule has 0 aliphatic carbocycles. The summed E-state index contributed by atoms with van der Waals surface area (Å²) in [5, 5.41) is 20.3. The maximum Gasteiger partial charge on any atom is 0.150 e. The summed E-state index contributed by atoms with van der Waals surface area (Å²) in [7, 11) is 0. The van der Waals surface area contributed by atoms with E-state index in [1.807, 2.05) is 37.3 Å². The Morgan fingerprint density at radius 2 is 1.72 bits per heavy atom. The molecule has 1 saturated heterocycles. The molecule has 0 saturated carbocycles. The van der Waals surface area contributed by atoms with Gasteiger partial charge in [-0.15, -0.1) is 0 Å². The highest BCUT2D eigenvalue weighted by molar-refractivity contribution is 9.10. The molecule has 0 amide bonds. The van der Waals surface area contributed by atoms with Crippen molar-refractivity contribution in [1.82, 2.24) is 4.90 Å². The summed E-state index contributed by atoms with van der Waals surface area (Å²) in [5.74, 6) is 2.67. The van der Waals surface area contributed by atoms with Gasteiger partial charge in [0.25, 0.3) is 0 Å². The number of allylic oxidation sites excluding steroid dienone is 1. The highest BCUT2D eigenvalue weighted by atomic mass is 79.9. The van der Waals surface area contributed by atoms with E-state index in [0.29, 0.717) is 18.4 Å². The van der Waals surface area contributed by atoms with Crippen LogP contribution in [0, 0.1) is 5.92 Å². The predicted molar refractivity (Wildman–Crippen MR) is 147 cm³/mol. The molecular weight excluding hydrogens is 518 g/mol. The Bertz CT molecular complexity index is 1290. The fourth-order valence-corrected chi connectivity index (χ4v) is 5.63. The molecule has 0 spiro atoms. The maximum absolute atomic E-state index is 10.2. The lowest BCUT2D eigenvalue weighted by Gasteiger charge is -2.31. The Labute approximate surface area is 221 Å². The zero-order valence-corrected chi connectivity index (χ0v) is 22.5. The number of aromatic hydroxyl groups is 2. The molecule has 3 aromatic carbocycles. The zero-order valence-electron chi connectivity index (χ0n) is 20.9. The van der Waals surface area contributed by atoms with Crippen LogP contribution < -0.4 is 9.47 Å². The summed E-state index contributed by atoms with van der Waals surface area (Å²) in [6, 6.07) is 18.8. The van der Waals surface area contributed by atoms with E-state index < -0.39 is 0 Å². The molecule has 0 bridgehead atoms. The Balaban J connectivity index is 1.43. The predicted octanol–water partition coefficient (Wildman–Crippen LogP) is 7.03. The third kappa shape index (κ3) is 4.97.